The molecular formula is C13H15NO3S. The Morgan fingerprint density at radius 1 is 1.44 bits per heavy atom. The van der Waals surface area contributed by atoms with Crippen LogP contribution in [0.1, 0.15) is 36.1 Å². The van der Waals surface area contributed by atoms with Gasteiger partial charge in [0.1, 0.15) is 5.01 Å². The van der Waals surface area contributed by atoms with Crippen molar-refractivity contribution in [1.82, 2.24) is 4.98 Å². The molecule has 0 fully saturated rings. The van der Waals surface area contributed by atoms with Crippen LogP contribution in [0, 0.1) is 0 Å². The smallest absolute Gasteiger partial charge is 0.335 e. The lowest BCUT2D eigenvalue weighted by Crippen LogP contribution is -2.18. The lowest BCUT2D eigenvalue weighted by atomic mass is 10.2. The summed E-state index contributed by atoms with van der Waals surface area (Å²) in [5.41, 5.74) is 0.899. The van der Waals surface area contributed by atoms with Crippen molar-refractivity contribution in [2.75, 3.05) is 0 Å². The van der Waals surface area contributed by atoms with Crippen LogP contribution in [-0.4, -0.2) is 21.7 Å². The van der Waals surface area contributed by atoms with Crippen LogP contribution in [-0.2, 0) is 11.3 Å². The molecule has 4 nitrogen and oxygen atoms in total. The first kappa shape index (κ1) is 13.0. The number of aromatic nitrogens is 1. The van der Waals surface area contributed by atoms with Crippen molar-refractivity contribution in [3.63, 3.8) is 0 Å². The molecule has 0 saturated carbocycles. The summed E-state index contributed by atoms with van der Waals surface area (Å²) in [5, 5.41) is 9.78. The van der Waals surface area contributed by atoms with Crippen molar-refractivity contribution in [2.24, 2.45) is 0 Å². The second-order valence-electron chi connectivity index (χ2n) is 5.00. The number of hydrogen-bond donors (Lipinski definition) is 1. The number of carboxylic acid groups (broad SMARTS) is 1. The molecule has 0 bridgehead atoms. The summed E-state index contributed by atoms with van der Waals surface area (Å²) in [5.74, 6) is -0.919. The van der Waals surface area contributed by atoms with Crippen molar-refractivity contribution in [2.45, 2.75) is 33.0 Å². The molecule has 0 spiro atoms. The molecular weight excluding hydrogens is 250 g/mol. The molecule has 1 aromatic carbocycles. The van der Waals surface area contributed by atoms with Gasteiger partial charge in [-0.3, -0.25) is 0 Å². The fourth-order valence-electron chi connectivity index (χ4n) is 1.45. The zero-order valence-corrected chi connectivity index (χ0v) is 11.4. The fraction of sp³-hybridized carbons (Fsp3) is 0.385. The average molecular weight is 265 g/mol. The number of thiazole rings is 1. The molecule has 0 atom stereocenters. The average Bonchev–Trinajstić information content (AvgIpc) is 2.66. The van der Waals surface area contributed by atoms with Gasteiger partial charge in [0.2, 0.25) is 0 Å². The van der Waals surface area contributed by atoms with E-state index in [2.05, 4.69) is 4.98 Å². The summed E-state index contributed by atoms with van der Waals surface area (Å²) >= 11 is 1.47. The summed E-state index contributed by atoms with van der Waals surface area (Å²) in [4.78, 5) is 15.3. The van der Waals surface area contributed by atoms with Gasteiger partial charge in [-0.15, -0.1) is 11.3 Å². The van der Waals surface area contributed by atoms with Gasteiger partial charge >= 0.3 is 5.97 Å². The number of aromatic carboxylic acids is 1. The second-order valence-corrected chi connectivity index (χ2v) is 6.11. The van der Waals surface area contributed by atoms with E-state index in [9.17, 15) is 4.79 Å². The van der Waals surface area contributed by atoms with E-state index < -0.39 is 5.97 Å². The highest BCUT2D eigenvalue weighted by molar-refractivity contribution is 7.18. The molecule has 1 aromatic heterocycles. The molecule has 0 aliphatic heterocycles. The summed E-state index contributed by atoms with van der Waals surface area (Å²) in [6.45, 7) is 6.42. The van der Waals surface area contributed by atoms with E-state index in [1.54, 1.807) is 18.2 Å². The molecule has 2 aromatic rings. The number of nitrogens with zero attached hydrogens (tertiary/aromatic N) is 1. The van der Waals surface area contributed by atoms with Crippen molar-refractivity contribution < 1.29 is 14.6 Å². The molecule has 0 aliphatic rings. The van der Waals surface area contributed by atoms with Gasteiger partial charge in [-0.25, -0.2) is 9.78 Å². The SMILES string of the molecule is CC(C)(C)OCc1nc2ccc(C(=O)O)cc2s1. The third-order valence-electron chi connectivity index (χ3n) is 2.31. The molecule has 96 valence electrons. The molecule has 0 unspecified atom stereocenters. The van der Waals surface area contributed by atoms with Crippen LogP contribution in [0.15, 0.2) is 18.2 Å². The number of ether oxygens (including phenoxy) is 1. The first-order valence-corrected chi connectivity index (χ1v) is 6.43. The molecule has 1 heterocycles. The number of carboxylic acids is 1. The zero-order valence-electron chi connectivity index (χ0n) is 10.6. The zero-order chi connectivity index (χ0) is 13.3. The topological polar surface area (TPSA) is 59.4 Å². The van der Waals surface area contributed by atoms with Crippen molar-refractivity contribution in [3.8, 4) is 0 Å². The molecule has 0 amide bonds. The minimum absolute atomic E-state index is 0.204. The van der Waals surface area contributed by atoms with Crippen LogP contribution >= 0.6 is 11.3 Å². The van der Waals surface area contributed by atoms with Gasteiger partial charge in [0.15, 0.2) is 0 Å². The number of hydrogen-bond acceptors (Lipinski definition) is 4. The Morgan fingerprint density at radius 3 is 2.78 bits per heavy atom. The van der Waals surface area contributed by atoms with Gasteiger partial charge in [0.25, 0.3) is 0 Å². The minimum Gasteiger partial charge on any atom is -0.478 e. The number of rotatable bonds is 3. The van der Waals surface area contributed by atoms with Gasteiger partial charge in [0, 0.05) is 0 Å². The molecule has 0 saturated heterocycles. The van der Waals surface area contributed by atoms with E-state index in [1.165, 1.54) is 11.3 Å². The monoisotopic (exact) mass is 265 g/mol. The van der Waals surface area contributed by atoms with E-state index in [4.69, 9.17) is 9.84 Å². The predicted molar refractivity (Wildman–Crippen MR) is 71.1 cm³/mol. The Bertz CT molecular complexity index is 583. The van der Waals surface area contributed by atoms with E-state index in [0.717, 1.165) is 15.2 Å². The number of benzene rings is 1. The first-order chi connectivity index (χ1) is 8.35. The van der Waals surface area contributed by atoms with E-state index >= 15 is 0 Å². The van der Waals surface area contributed by atoms with Crippen LogP contribution in [0.25, 0.3) is 10.2 Å². The molecule has 2 rings (SSSR count). The maximum absolute atomic E-state index is 10.9. The second kappa shape index (κ2) is 4.66. The molecule has 1 N–H and O–H groups in total. The van der Waals surface area contributed by atoms with Crippen LogP contribution in [0.5, 0.6) is 0 Å². The van der Waals surface area contributed by atoms with Crippen molar-refractivity contribution in [3.05, 3.63) is 28.8 Å². The van der Waals surface area contributed by atoms with E-state index in [-0.39, 0.29) is 11.2 Å². The number of fused-ring (bicyclic) bond motifs is 1. The van der Waals surface area contributed by atoms with E-state index in [1.807, 2.05) is 20.8 Å². The van der Waals surface area contributed by atoms with Gasteiger partial charge in [-0.05, 0) is 39.0 Å². The molecule has 18 heavy (non-hydrogen) atoms. The molecule has 5 heteroatoms. The fourth-order valence-corrected chi connectivity index (χ4v) is 2.37. The van der Waals surface area contributed by atoms with Crippen molar-refractivity contribution in [1.29, 1.82) is 0 Å². The maximum atomic E-state index is 10.9. The largest absolute Gasteiger partial charge is 0.478 e. The predicted octanol–water partition coefficient (Wildman–Crippen LogP) is 3.31. The Kier molecular flexibility index (Phi) is 3.36. The molecule has 0 aliphatic carbocycles. The third-order valence-corrected chi connectivity index (χ3v) is 3.30. The quantitative estimate of drug-likeness (QED) is 0.925. The Labute approximate surface area is 109 Å². The van der Waals surface area contributed by atoms with Crippen LogP contribution < -0.4 is 0 Å². The number of carbonyl (C=O) groups is 1. The standard InChI is InChI=1S/C13H15NO3S/c1-13(2,3)17-7-11-14-9-5-4-8(12(15)16)6-10(9)18-11/h4-6H,7H2,1-3H3,(H,15,16). The Hall–Kier alpha value is -1.46. The Morgan fingerprint density at radius 2 is 2.17 bits per heavy atom. The maximum Gasteiger partial charge on any atom is 0.335 e. The van der Waals surface area contributed by atoms with Crippen LogP contribution in [0.3, 0.4) is 0 Å². The minimum atomic E-state index is -0.919. The normalized spacial score (nSPS) is 11.9. The summed E-state index contributed by atoms with van der Waals surface area (Å²) in [7, 11) is 0. The van der Waals surface area contributed by atoms with Gasteiger partial charge in [-0.1, -0.05) is 0 Å². The van der Waals surface area contributed by atoms with Gasteiger partial charge in [-0.2, -0.15) is 0 Å². The van der Waals surface area contributed by atoms with Crippen LogP contribution in [0.2, 0.25) is 0 Å². The highest BCUT2D eigenvalue weighted by Gasteiger charge is 2.13. The van der Waals surface area contributed by atoms with E-state index in [0.29, 0.717) is 6.61 Å². The third kappa shape index (κ3) is 3.05. The Balaban J connectivity index is 2.24. The summed E-state index contributed by atoms with van der Waals surface area (Å²) in [6.07, 6.45) is 0. The highest BCUT2D eigenvalue weighted by atomic mass is 32.1. The van der Waals surface area contributed by atoms with Gasteiger partial charge < -0.3 is 9.84 Å². The first-order valence-electron chi connectivity index (χ1n) is 5.62. The summed E-state index contributed by atoms with van der Waals surface area (Å²) in [6, 6.07) is 4.95. The van der Waals surface area contributed by atoms with Crippen LogP contribution in [0.4, 0.5) is 0 Å². The summed E-state index contributed by atoms with van der Waals surface area (Å²) < 4.78 is 6.53. The van der Waals surface area contributed by atoms with Gasteiger partial charge in [0.05, 0.1) is 28.0 Å². The van der Waals surface area contributed by atoms with Crippen molar-refractivity contribution >= 4 is 27.5 Å². The molecule has 0 radical (unpaired) electrons. The highest BCUT2D eigenvalue weighted by Crippen LogP contribution is 2.25. The lowest BCUT2D eigenvalue weighted by molar-refractivity contribution is -0.0149. The lowest BCUT2D eigenvalue weighted by Gasteiger charge is -2.18.